The van der Waals surface area contributed by atoms with Gasteiger partial charge < -0.3 is 4.74 Å². The van der Waals surface area contributed by atoms with E-state index in [2.05, 4.69) is 20.9 Å². The summed E-state index contributed by atoms with van der Waals surface area (Å²) in [7, 11) is 0. The van der Waals surface area contributed by atoms with Crippen LogP contribution in [0.15, 0.2) is 18.2 Å². The number of aromatic nitrogens is 1. The number of rotatable bonds is 3. The molecule has 21 heavy (non-hydrogen) atoms. The Hall–Kier alpha value is 0.01000. The zero-order valence-electron chi connectivity index (χ0n) is 10.0. The topological polar surface area (TPSA) is 22.1 Å². The van der Waals surface area contributed by atoms with Crippen LogP contribution in [0.4, 0.5) is 13.2 Å². The number of halogens is 7. The van der Waals surface area contributed by atoms with Crippen molar-refractivity contribution in [2.45, 2.75) is 11.0 Å². The van der Waals surface area contributed by atoms with Crippen molar-refractivity contribution in [3.8, 4) is 5.75 Å². The van der Waals surface area contributed by atoms with Gasteiger partial charge in [-0.25, -0.2) is 4.98 Å². The summed E-state index contributed by atoms with van der Waals surface area (Å²) in [4.78, 5) is 2.32. The van der Waals surface area contributed by atoms with Gasteiger partial charge >= 0.3 is 6.18 Å². The Balaban J connectivity index is 2.41. The van der Waals surface area contributed by atoms with Gasteiger partial charge in [-0.2, -0.15) is 13.2 Å². The van der Waals surface area contributed by atoms with Crippen LogP contribution >= 0.6 is 61.7 Å². The number of hydrogen-bond donors (Lipinski definition) is 0. The molecular formula is C12H6BrCl2F3INO. The molecule has 1 aromatic heterocycles. The average molecular weight is 515 g/mol. The third kappa shape index (κ3) is 4.05. The molecule has 1 aromatic carbocycles. The lowest BCUT2D eigenvalue weighted by atomic mass is 10.2. The van der Waals surface area contributed by atoms with E-state index in [0.29, 0.717) is 19.5 Å². The number of hydrogen-bond acceptors (Lipinski definition) is 2. The molecule has 1 heterocycles. The van der Waals surface area contributed by atoms with E-state index in [1.165, 1.54) is 0 Å². The molecule has 0 aliphatic heterocycles. The molecule has 2 nitrogen and oxygen atoms in total. The quantitative estimate of drug-likeness (QED) is 0.291. The van der Waals surface area contributed by atoms with Crippen molar-refractivity contribution in [3.63, 3.8) is 0 Å². The van der Waals surface area contributed by atoms with E-state index in [0.717, 1.165) is 0 Å². The van der Waals surface area contributed by atoms with Crippen LogP contribution in [-0.4, -0.2) is 22.6 Å². The lowest BCUT2D eigenvalue weighted by Gasteiger charge is -2.17. The van der Waals surface area contributed by atoms with Crippen LogP contribution in [0.3, 0.4) is 0 Å². The molecule has 1 atom stereocenters. The minimum Gasteiger partial charge on any atom is -0.489 e. The largest absolute Gasteiger partial charge is 0.489 e. The van der Waals surface area contributed by atoms with Crippen molar-refractivity contribution in [2.24, 2.45) is 0 Å². The molecule has 0 saturated heterocycles. The molecule has 0 aliphatic rings. The van der Waals surface area contributed by atoms with Crippen molar-refractivity contribution in [2.75, 3.05) is 6.61 Å². The smallest absolute Gasteiger partial charge is 0.404 e. The number of nitrogens with zero attached hydrogens (tertiary/aromatic N) is 1. The molecular weight excluding hydrogens is 509 g/mol. The summed E-state index contributed by atoms with van der Waals surface area (Å²) in [6, 6.07) is 4.80. The maximum absolute atomic E-state index is 12.5. The van der Waals surface area contributed by atoms with Crippen LogP contribution in [0.25, 0.3) is 10.9 Å². The summed E-state index contributed by atoms with van der Waals surface area (Å²) in [5, 5.41) is 1.20. The number of pyridine rings is 1. The number of benzene rings is 1. The minimum atomic E-state index is -4.39. The summed E-state index contributed by atoms with van der Waals surface area (Å²) in [6.45, 7) is -0.579. The summed E-state index contributed by atoms with van der Waals surface area (Å²) in [6.07, 6.45) is -4.39. The average Bonchev–Trinajstić information content (AvgIpc) is 2.36. The van der Waals surface area contributed by atoms with Crippen LogP contribution in [0, 0.1) is 3.57 Å². The van der Waals surface area contributed by atoms with Crippen molar-refractivity contribution in [1.29, 1.82) is 0 Å². The predicted molar refractivity (Wildman–Crippen MR) is 88.7 cm³/mol. The number of fused-ring (bicyclic) bond motifs is 1. The van der Waals surface area contributed by atoms with E-state index in [4.69, 9.17) is 27.9 Å². The normalized spacial score (nSPS) is 13.5. The van der Waals surface area contributed by atoms with Crippen LogP contribution < -0.4 is 4.74 Å². The summed E-state index contributed by atoms with van der Waals surface area (Å²) in [5.74, 6) is 0.228. The van der Waals surface area contributed by atoms with E-state index in [9.17, 15) is 13.2 Å². The van der Waals surface area contributed by atoms with E-state index < -0.39 is 17.6 Å². The molecule has 0 bridgehead atoms. The summed E-state index contributed by atoms with van der Waals surface area (Å²) in [5.41, 5.74) is 0.335. The molecule has 0 fully saturated rings. The molecule has 0 aliphatic carbocycles. The molecule has 2 aromatic rings. The first kappa shape index (κ1) is 17.4. The molecule has 1 unspecified atom stereocenters. The van der Waals surface area contributed by atoms with Gasteiger partial charge in [0.25, 0.3) is 0 Å². The Morgan fingerprint density at radius 1 is 1.33 bits per heavy atom. The van der Waals surface area contributed by atoms with Crippen LogP contribution in [0.2, 0.25) is 10.2 Å². The zero-order valence-corrected chi connectivity index (χ0v) is 15.3. The fraction of sp³-hybridized carbons (Fsp3) is 0.250. The van der Waals surface area contributed by atoms with Gasteiger partial charge in [0.2, 0.25) is 0 Å². The second-order valence-electron chi connectivity index (χ2n) is 4.02. The zero-order chi connectivity index (χ0) is 15.8. The summed E-state index contributed by atoms with van der Waals surface area (Å²) >= 11 is 16.4. The van der Waals surface area contributed by atoms with Gasteiger partial charge in [0.05, 0.1) is 8.59 Å². The van der Waals surface area contributed by atoms with Gasteiger partial charge in [0, 0.05) is 5.39 Å². The van der Waals surface area contributed by atoms with Gasteiger partial charge in [-0.1, -0.05) is 39.1 Å². The first-order chi connectivity index (χ1) is 9.70. The van der Waals surface area contributed by atoms with Gasteiger partial charge in [-0.15, -0.1) is 0 Å². The van der Waals surface area contributed by atoms with Crippen molar-refractivity contribution in [1.82, 2.24) is 4.98 Å². The lowest BCUT2D eigenvalue weighted by molar-refractivity contribution is -0.132. The van der Waals surface area contributed by atoms with E-state index >= 15 is 0 Å². The van der Waals surface area contributed by atoms with E-state index in [1.807, 2.05) is 22.6 Å². The second-order valence-corrected chi connectivity index (χ2v) is 7.08. The second kappa shape index (κ2) is 6.64. The molecule has 0 radical (unpaired) electrons. The van der Waals surface area contributed by atoms with Gasteiger partial charge in [-0.05, 0) is 40.8 Å². The molecule has 2 rings (SSSR count). The summed E-state index contributed by atoms with van der Waals surface area (Å²) < 4.78 is 43.4. The Bertz CT molecular complexity index is 684. The Morgan fingerprint density at radius 3 is 2.62 bits per heavy atom. The highest BCUT2D eigenvalue weighted by atomic mass is 127. The maximum Gasteiger partial charge on any atom is 0.404 e. The molecule has 114 valence electrons. The number of alkyl halides is 4. The highest BCUT2D eigenvalue weighted by Crippen LogP contribution is 2.36. The SMILES string of the molecule is FC(F)(F)C(Br)COc1c(I)cc(Cl)c2ccc(Cl)nc12. The van der Waals surface area contributed by atoms with E-state index in [1.54, 1.807) is 18.2 Å². The Labute approximate surface area is 150 Å². The molecule has 9 heteroatoms. The van der Waals surface area contributed by atoms with Crippen LogP contribution in [-0.2, 0) is 0 Å². The molecule has 0 N–H and O–H groups in total. The molecule has 0 saturated carbocycles. The third-order valence-electron chi connectivity index (χ3n) is 2.53. The standard InChI is InChI=1S/C12H6BrCl2F3INO/c13-8(12(16,17)18)4-21-11-7(19)3-6(14)5-1-2-9(15)20-10(5)11/h1-3,8H,4H2. The molecule has 0 amide bonds. The number of ether oxygens (including phenoxy) is 1. The van der Waals surface area contributed by atoms with Crippen molar-refractivity contribution >= 4 is 72.6 Å². The van der Waals surface area contributed by atoms with E-state index in [-0.39, 0.29) is 10.9 Å². The van der Waals surface area contributed by atoms with Gasteiger partial charge in [0.1, 0.15) is 22.1 Å². The molecule has 0 spiro atoms. The Kier molecular flexibility index (Phi) is 5.49. The van der Waals surface area contributed by atoms with Crippen LogP contribution in [0.5, 0.6) is 5.75 Å². The first-order valence-electron chi connectivity index (χ1n) is 5.48. The first-order valence-corrected chi connectivity index (χ1v) is 8.23. The van der Waals surface area contributed by atoms with Gasteiger partial charge in [0.15, 0.2) is 5.75 Å². The van der Waals surface area contributed by atoms with Crippen molar-refractivity contribution in [3.05, 3.63) is 31.9 Å². The third-order valence-corrected chi connectivity index (χ3v) is 4.64. The lowest BCUT2D eigenvalue weighted by Crippen LogP contribution is -2.29. The van der Waals surface area contributed by atoms with Crippen LogP contribution in [0.1, 0.15) is 0 Å². The fourth-order valence-corrected chi connectivity index (χ4v) is 3.01. The maximum atomic E-state index is 12.5. The van der Waals surface area contributed by atoms with Gasteiger partial charge in [-0.3, -0.25) is 0 Å². The predicted octanol–water partition coefficient (Wildman–Crippen LogP) is 5.85. The van der Waals surface area contributed by atoms with Crippen molar-refractivity contribution < 1.29 is 17.9 Å². The highest BCUT2D eigenvalue weighted by molar-refractivity contribution is 14.1. The fourth-order valence-electron chi connectivity index (χ4n) is 1.56. The minimum absolute atomic E-state index is 0.205. The Morgan fingerprint density at radius 2 is 2.00 bits per heavy atom. The highest BCUT2D eigenvalue weighted by Gasteiger charge is 2.38. The monoisotopic (exact) mass is 513 g/mol.